The molecule has 6 nitrogen and oxygen atoms in total. The molecule has 1 amide bonds. The van der Waals surface area contributed by atoms with Gasteiger partial charge in [-0.05, 0) is 37.1 Å². The largest absolute Gasteiger partial charge is 0.325 e. The molecule has 2 heterocycles. The molecular weight excluding hydrogens is 406 g/mol. The maximum absolute atomic E-state index is 12.6. The Morgan fingerprint density at radius 3 is 2.48 bits per heavy atom. The van der Waals surface area contributed by atoms with Crippen LogP contribution in [-0.4, -0.2) is 48.8 Å². The van der Waals surface area contributed by atoms with Gasteiger partial charge in [0.1, 0.15) is 0 Å². The number of aryl methyl sites for hydroxylation is 2. The second-order valence-corrected chi connectivity index (χ2v) is 10.5. The predicted octanol–water partition coefficient (Wildman–Crippen LogP) is 3.02. The average Bonchev–Trinajstić information content (AvgIpc) is 3.15. The molecule has 0 saturated carbocycles. The second-order valence-electron chi connectivity index (χ2n) is 7.43. The van der Waals surface area contributed by atoms with Crippen LogP contribution >= 0.6 is 11.8 Å². The smallest absolute Gasteiger partial charge is 0.234 e. The molecule has 29 heavy (non-hydrogen) atoms. The third-order valence-electron chi connectivity index (χ3n) is 5.22. The van der Waals surface area contributed by atoms with E-state index in [1.165, 1.54) is 11.8 Å². The number of fused-ring (bicyclic) bond motifs is 1. The number of hydrogen-bond donors (Lipinski definition) is 1. The SMILES string of the molecule is Cc1cccc(C)c1NC(=O)CSC1=N[C@H]2CS(=O)(=O)C[C@H]2N1c1ccccc1. The summed E-state index contributed by atoms with van der Waals surface area (Å²) >= 11 is 1.35. The van der Waals surface area contributed by atoms with Crippen molar-refractivity contribution in [1.82, 2.24) is 0 Å². The van der Waals surface area contributed by atoms with E-state index in [0.29, 0.717) is 5.17 Å². The minimum Gasteiger partial charge on any atom is -0.325 e. The van der Waals surface area contributed by atoms with Crippen molar-refractivity contribution in [2.24, 2.45) is 4.99 Å². The van der Waals surface area contributed by atoms with Gasteiger partial charge in [-0.25, -0.2) is 8.42 Å². The topological polar surface area (TPSA) is 78.8 Å². The molecule has 0 unspecified atom stereocenters. The van der Waals surface area contributed by atoms with Gasteiger partial charge in [-0.3, -0.25) is 9.79 Å². The quantitative estimate of drug-likeness (QED) is 0.808. The number of hydrogen-bond acceptors (Lipinski definition) is 6. The van der Waals surface area contributed by atoms with Gasteiger partial charge < -0.3 is 10.2 Å². The number of benzene rings is 2. The number of thioether (sulfide) groups is 1. The lowest BCUT2D eigenvalue weighted by Crippen LogP contribution is -2.39. The molecule has 1 fully saturated rings. The van der Waals surface area contributed by atoms with Crippen LogP contribution in [0.3, 0.4) is 0 Å². The lowest BCUT2D eigenvalue weighted by atomic mass is 10.1. The number of amides is 1. The van der Waals surface area contributed by atoms with E-state index in [0.717, 1.165) is 22.5 Å². The van der Waals surface area contributed by atoms with E-state index in [1.54, 1.807) is 0 Å². The van der Waals surface area contributed by atoms with Crippen molar-refractivity contribution in [3.05, 3.63) is 59.7 Å². The fraction of sp³-hybridized carbons (Fsp3) is 0.333. The highest BCUT2D eigenvalue weighted by Crippen LogP contribution is 2.35. The van der Waals surface area contributed by atoms with Crippen molar-refractivity contribution < 1.29 is 13.2 Å². The molecular formula is C21H23N3O3S2. The summed E-state index contributed by atoms with van der Waals surface area (Å²) in [6.45, 7) is 3.94. The Morgan fingerprint density at radius 1 is 1.10 bits per heavy atom. The van der Waals surface area contributed by atoms with Crippen LogP contribution in [0.1, 0.15) is 11.1 Å². The Kier molecular flexibility index (Phi) is 5.40. The molecule has 152 valence electrons. The maximum atomic E-state index is 12.6. The van der Waals surface area contributed by atoms with E-state index < -0.39 is 9.84 Å². The average molecular weight is 430 g/mol. The molecule has 8 heteroatoms. The summed E-state index contributed by atoms with van der Waals surface area (Å²) in [5, 5.41) is 3.70. The fourth-order valence-electron chi connectivity index (χ4n) is 3.84. The van der Waals surface area contributed by atoms with Gasteiger partial charge in [0, 0.05) is 11.4 Å². The van der Waals surface area contributed by atoms with Gasteiger partial charge in [0.05, 0.1) is 29.3 Å². The maximum Gasteiger partial charge on any atom is 0.234 e. The number of amidine groups is 1. The summed E-state index contributed by atoms with van der Waals surface area (Å²) in [6.07, 6.45) is 0. The zero-order valence-electron chi connectivity index (χ0n) is 16.3. The van der Waals surface area contributed by atoms with Crippen LogP contribution < -0.4 is 10.2 Å². The van der Waals surface area contributed by atoms with Crippen molar-refractivity contribution in [3.8, 4) is 0 Å². The molecule has 0 spiro atoms. The zero-order chi connectivity index (χ0) is 20.6. The number of aliphatic imine (C=N–C) groups is 1. The third-order valence-corrected chi connectivity index (χ3v) is 7.89. The van der Waals surface area contributed by atoms with Crippen molar-refractivity contribution in [2.45, 2.75) is 25.9 Å². The van der Waals surface area contributed by atoms with Crippen LogP contribution in [-0.2, 0) is 14.6 Å². The highest BCUT2D eigenvalue weighted by Gasteiger charge is 2.47. The van der Waals surface area contributed by atoms with Crippen molar-refractivity contribution in [1.29, 1.82) is 0 Å². The number of nitrogens with zero attached hydrogens (tertiary/aromatic N) is 2. The van der Waals surface area contributed by atoms with Gasteiger partial charge >= 0.3 is 0 Å². The lowest BCUT2D eigenvalue weighted by molar-refractivity contribution is -0.113. The first-order valence-corrected chi connectivity index (χ1v) is 12.3. The van der Waals surface area contributed by atoms with E-state index in [9.17, 15) is 13.2 Å². The Labute approximate surface area is 175 Å². The van der Waals surface area contributed by atoms with Crippen LogP contribution in [0.5, 0.6) is 0 Å². The Morgan fingerprint density at radius 2 is 1.79 bits per heavy atom. The van der Waals surface area contributed by atoms with Crippen molar-refractivity contribution in [3.63, 3.8) is 0 Å². The monoisotopic (exact) mass is 429 g/mol. The van der Waals surface area contributed by atoms with Gasteiger partial charge in [-0.1, -0.05) is 48.2 Å². The first-order chi connectivity index (χ1) is 13.8. The molecule has 2 aromatic carbocycles. The van der Waals surface area contributed by atoms with E-state index in [1.807, 2.05) is 67.3 Å². The summed E-state index contributed by atoms with van der Waals surface area (Å²) in [6, 6.07) is 15.1. The molecule has 0 radical (unpaired) electrons. The summed E-state index contributed by atoms with van der Waals surface area (Å²) in [7, 11) is -3.09. The molecule has 0 aliphatic carbocycles. The van der Waals surface area contributed by atoms with Crippen LogP contribution in [0.25, 0.3) is 0 Å². The molecule has 2 aliphatic heterocycles. The summed E-state index contributed by atoms with van der Waals surface area (Å²) < 4.78 is 24.2. The van der Waals surface area contributed by atoms with Gasteiger partial charge in [0.15, 0.2) is 15.0 Å². The normalized spacial score (nSPS) is 22.3. The highest BCUT2D eigenvalue weighted by molar-refractivity contribution is 8.14. The van der Waals surface area contributed by atoms with Crippen molar-refractivity contribution >= 4 is 44.0 Å². The molecule has 4 rings (SSSR count). The number of nitrogens with one attached hydrogen (secondary N) is 1. The number of sulfone groups is 1. The summed E-state index contributed by atoms with van der Waals surface area (Å²) in [5.41, 5.74) is 3.78. The first-order valence-electron chi connectivity index (χ1n) is 9.45. The van der Waals surface area contributed by atoms with Crippen molar-refractivity contribution in [2.75, 3.05) is 27.5 Å². The van der Waals surface area contributed by atoms with Crippen LogP contribution in [0.4, 0.5) is 11.4 Å². The molecule has 0 aromatic heterocycles. The molecule has 1 saturated heterocycles. The standard InChI is InChI=1S/C21H23N3O3S2/c1-14-7-6-8-15(2)20(14)23-19(25)11-28-21-22-17-12-29(26,27)13-18(17)24(21)16-9-4-3-5-10-16/h3-10,17-18H,11-13H2,1-2H3,(H,23,25)/t17-,18+/m0/s1. The number of carbonyl (C=O) groups excluding carboxylic acids is 1. The summed E-state index contributed by atoms with van der Waals surface area (Å²) in [5.74, 6) is 0.268. The Balaban J connectivity index is 1.50. The fourth-order valence-corrected chi connectivity index (χ4v) is 6.61. The Hall–Kier alpha value is -2.32. The van der Waals surface area contributed by atoms with E-state index >= 15 is 0 Å². The molecule has 1 N–H and O–H groups in total. The number of para-hydroxylation sites is 2. The van der Waals surface area contributed by atoms with E-state index in [4.69, 9.17) is 0 Å². The Bertz CT molecular complexity index is 1050. The van der Waals surface area contributed by atoms with Gasteiger partial charge in [0.2, 0.25) is 5.91 Å². The summed E-state index contributed by atoms with van der Waals surface area (Å²) in [4.78, 5) is 19.2. The minimum atomic E-state index is -3.09. The van der Waals surface area contributed by atoms with Crippen LogP contribution in [0.15, 0.2) is 53.5 Å². The number of anilines is 2. The molecule has 0 bridgehead atoms. The van der Waals surface area contributed by atoms with Gasteiger partial charge in [-0.2, -0.15) is 0 Å². The zero-order valence-corrected chi connectivity index (χ0v) is 18.0. The molecule has 2 atom stereocenters. The van der Waals surface area contributed by atoms with Gasteiger partial charge in [-0.15, -0.1) is 0 Å². The lowest BCUT2D eigenvalue weighted by Gasteiger charge is -2.26. The predicted molar refractivity (Wildman–Crippen MR) is 120 cm³/mol. The van der Waals surface area contributed by atoms with Gasteiger partial charge in [0.25, 0.3) is 0 Å². The number of rotatable bonds is 4. The van der Waals surface area contributed by atoms with E-state index in [2.05, 4.69) is 10.3 Å². The first kappa shape index (κ1) is 20.0. The highest BCUT2D eigenvalue weighted by atomic mass is 32.2. The van der Waals surface area contributed by atoms with E-state index in [-0.39, 0.29) is 35.2 Å². The molecule has 2 aliphatic rings. The molecule has 2 aromatic rings. The number of carbonyl (C=O) groups is 1. The van der Waals surface area contributed by atoms with Crippen LogP contribution in [0, 0.1) is 13.8 Å². The second kappa shape index (κ2) is 7.84. The minimum absolute atomic E-state index is 0.0691. The van der Waals surface area contributed by atoms with Crippen LogP contribution in [0.2, 0.25) is 0 Å². The third kappa shape index (κ3) is 4.18.